The molecule has 0 radical (unpaired) electrons. The monoisotopic (exact) mass is 423 g/mol. The summed E-state index contributed by atoms with van der Waals surface area (Å²) in [4.78, 5) is 24.0. The van der Waals surface area contributed by atoms with Crippen LogP contribution in [0.25, 0.3) is 0 Å². The molecule has 3 rings (SSSR count). The summed E-state index contributed by atoms with van der Waals surface area (Å²) in [7, 11) is 0. The van der Waals surface area contributed by atoms with Gasteiger partial charge in [0.05, 0.1) is 23.6 Å². The molecule has 0 unspecified atom stereocenters. The Balaban J connectivity index is 1.57. The number of carbonyl (C=O) groups excluding carboxylic acids is 2. The highest BCUT2D eigenvalue weighted by atomic mass is 32.2. The lowest BCUT2D eigenvalue weighted by Crippen LogP contribution is -2.25. The van der Waals surface area contributed by atoms with Crippen molar-refractivity contribution in [3.8, 4) is 0 Å². The zero-order valence-corrected chi connectivity index (χ0v) is 18.1. The average molecular weight is 424 g/mol. The molecule has 7 heteroatoms. The van der Waals surface area contributed by atoms with Crippen LogP contribution in [0.3, 0.4) is 0 Å². The van der Waals surface area contributed by atoms with E-state index in [1.807, 2.05) is 24.3 Å². The van der Waals surface area contributed by atoms with Crippen molar-refractivity contribution in [2.75, 3.05) is 6.61 Å². The van der Waals surface area contributed by atoms with Crippen molar-refractivity contribution < 1.29 is 14.3 Å². The molecule has 30 heavy (non-hydrogen) atoms. The predicted octanol–water partition coefficient (Wildman–Crippen LogP) is 4.15. The number of amides is 1. The van der Waals surface area contributed by atoms with Gasteiger partial charge in [-0.2, -0.15) is 5.10 Å². The first-order chi connectivity index (χ1) is 14.5. The minimum Gasteiger partial charge on any atom is -0.462 e. The largest absolute Gasteiger partial charge is 0.462 e. The second-order valence-electron chi connectivity index (χ2n) is 7.19. The molecular formula is C23H25N3O3S. The Morgan fingerprint density at radius 2 is 1.87 bits per heavy atom. The molecule has 2 aromatic rings. The molecule has 2 aromatic carbocycles. The van der Waals surface area contributed by atoms with Crippen molar-refractivity contribution in [2.45, 2.75) is 38.4 Å². The van der Waals surface area contributed by atoms with E-state index in [4.69, 9.17) is 4.74 Å². The second kappa shape index (κ2) is 10.2. The van der Waals surface area contributed by atoms with Crippen molar-refractivity contribution in [3.05, 3.63) is 70.8 Å². The normalized spacial score (nSPS) is 17.7. The van der Waals surface area contributed by atoms with Gasteiger partial charge in [-0.15, -0.1) is 5.10 Å². The number of hydrogen-bond acceptors (Lipinski definition) is 6. The number of nitrogens with zero attached hydrogens (tertiary/aromatic N) is 2. The van der Waals surface area contributed by atoms with E-state index < -0.39 is 0 Å². The van der Waals surface area contributed by atoms with E-state index in [0.29, 0.717) is 29.7 Å². The van der Waals surface area contributed by atoms with Crippen LogP contribution in [-0.4, -0.2) is 35.1 Å². The van der Waals surface area contributed by atoms with Crippen LogP contribution in [0.15, 0.2) is 58.7 Å². The Kier molecular flexibility index (Phi) is 7.41. The zero-order valence-electron chi connectivity index (χ0n) is 17.3. The minimum absolute atomic E-state index is 0.0929. The number of benzene rings is 2. The first-order valence-electron chi connectivity index (χ1n) is 9.91. The van der Waals surface area contributed by atoms with Crippen molar-refractivity contribution >= 4 is 35.0 Å². The fourth-order valence-electron chi connectivity index (χ4n) is 2.91. The van der Waals surface area contributed by atoms with Gasteiger partial charge in [-0.1, -0.05) is 62.0 Å². The molecule has 1 aliphatic rings. The number of ether oxygens (including phenoxy) is 1. The summed E-state index contributed by atoms with van der Waals surface area (Å²) in [5.74, 6) is 0.0486. The molecule has 0 bridgehead atoms. The summed E-state index contributed by atoms with van der Waals surface area (Å²) in [6.45, 7) is 6.42. The average Bonchev–Trinajstić information content (AvgIpc) is 3.08. The highest BCUT2D eigenvalue weighted by Crippen LogP contribution is 2.23. The summed E-state index contributed by atoms with van der Waals surface area (Å²) in [5, 5.41) is 11.2. The fourth-order valence-corrected chi connectivity index (χ4v) is 3.87. The zero-order chi connectivity index (χ0) is 21.5. The molecule has 156 valence electrons. The molecule has 1 aliphatic heterocycles. The molecule has 1 amide bonds. The maximum absolute atomic E-state index is 12.2. The summed E-state index contributed by atoms with van der Waals surface area (Å²) in [6, 6.07) is 15.3. The van der Waals surface area contributed by atoms with Gasteiger partial charge in [-0.25, -0.2) is 4.79 Å². The van der Waals surface area contributed by atoms with E-state index in [9.17, 15) is 9.59 Å². The van der Waals surface area contributed by atoms with Crippen LogP contribution in [0.1, 0.15) is 53.7 Å². The van der Waals surface area contributed by atoms with Gasteiger partial charge in [0.15, 0.2) is 5.17 Å². The molecular weight excluding hydrogens is 398 g/mol. The predicted molar refractivity (Wildman–Crippen MR) is 121 cm³/mol. The van der Waals surface area contributed by atoms with Crippen molar-refractivity contribution in [3.63, 3.8) is 0 Å². The first kappa shape index (κ1) is 21.8. The molecule has 1 saturated heterocycles. The van der Waals surface area contributed by atoms with Gasteiger partial charge in [0.25, 0.3) is 0 Å². The minimum atomic E-state index is -0.344. The molecule has 0 aliphatic carbocycles. The van der Waals surface area contributed by atoms with Gasteiger partial charge in [0.1, 0.15) is 0 Å². The third kappa shape index (κ3) is 5.79. The summed E-state index contributed by atoms with van der Waals surface area (Å²) < 4.78 is 4.98. The number of amidine groups is 1. The number of nitrogens with one attached hydrogen (secondary N) is 1. The van der Waals surface area contributed by atoms with Crippen LogP contribution in [0.4, 0.5) is 0 Å². The highest BCUT2D eigenvalue weighted by molar-refractivity contribution is 8.15. The smallest absolute Gasteiger partial charge is 0.338 e. The van der Waals surface area contributed by atoms with E-state index in [0.717, 1.165) is 11.1 Å². The Hall–Kier alpha value is -2.93. The summed E-state index contributed by atoms with van der Waals surface area (Å²) in [5.41, 5.74) is 3.69. The summed E-state index contributed by atoms with van der Waals surface area (Å²) in [6.07, 6.45) is 2.21. The SMILES string of the molecule is CCOC(=O)c1ccc(C[C@H]2S/C(=N/N=C\c3ccc(C(C)C)cc3)NC2=O)cc1. The quantitative estimate of drug-likeness (QED) is 0.412. The lowest BCUT2D eigenvalue weighted by atomic mass is 10.0. The number of esters is 1. The lowest BCUT2D eigenvalue weighted by Gasteiger charge is -2.06. The number of hydrogen-bond donors (Lipinski definition) is 1. The number of carbonyl (C=O) groups is 2. The van der Waals surface area contributed by atoms with Gasteiger partial charge in [0, 0.05) is 0 Å². The topological polar surface area (TPSA) is 80.1 Å². The molecule has 0 saturated carbocycles. The van der Waals surface area contributed by atoms with E-state index in [2.05, 4.69) is 41.5 Å². The van der Waals surface area contributed by atoms with Crippen LogP contribution in [0.5, 0.6) is 0 Å². The van der Waals surface area contributed by atoms with Gasteiger partial charge < -0.3 is 10.1 Å². The highest BCUT2D eigenvalue weighted by Gasteiger charge is 2.30. The maximum Gasteiger partial charge on any atom is 0.338 e. The maximum atomic E-state index is 12.2. The number of thioether (sulfide) groups is 1. The van der Waals surface area contributed by atoms with E-state index >= 15 is 0 Å². The summed E-state index contributed by atoms with van der Waals surface area (Å²) >= 11 is 1.36. The Bertz CT molecular complexity index is 951. The third-order valence-electron chi connectivity index (χ3n) is 4.62. The van der Waals surface area contributed by atoms with Crippen molar-refractivity contribution in [1.82, 2.24) is 5.32 Å². The molecule has 6 nitrogen and oxygen atoms in total. The van der Waals surface area contributed by atoms with Gasteiger partial charge in [0.2, 0.25) is 5.91 Å². The molecule has 0 aromatic heterocycles. The van der Waals surface area contributed by atoms with E-state index in [1.54, 1.807) is 25.3 Å². The molecule has 1 N–H and O–H groups in total. The van der Waals surface area contributed by atoms with E-state index in [1.165, 1.54) is 17.3 Å². The second-order valence-corrected chi connectivity index (χ2v) is 8.38. The van der Waals surface area contributed by atoms with Crippen LogP contribution in [0, 0.1) is 0 Å². The Labute approximate surface area is 180 Å². The lowest BCUT2D eigenvalue weighted by molar-refractivity contribution is -0.118. The van der Waals surface area contributed by atoms with Crippen LogP contribution in [0.2, 0.25) is 0 Å². The Morgan fingerprint density at radius 3 is 2.50 bits per heavy atom. The van der Waals surface area contributed by atoms with E-state index in [-0.39, 0.29) is 17.1 Å². The van der Waals surface area contributed by atoms with Gasteiger partial charge in [-0.3, -0.25) is 4.79 Å². The molecule has 1 atom stereocenters. The van der Waals surface area contributed by atoms with Crippen LogP contribution in [-0.2, 0) is 16.0 Å². The van der Waals surface area contributed by atoms with Gasteiger partial charge >= 0.3 is 5.97 Å². The molecule has 1 heterocycles. The first-order valence-corrected chi connectivity index (χ1v) is 10.8. The van der Waals surface area contributed by atoms with Crippen LogP contribution >= 0.6 is 11.8 Å². The van der Waals surface area contributed by atoms with Crippen LogP contribution < -0.4 is 5.32 Å². The van der Waals surface area contributed by atoms with Crippen molar-refractivity contribution in [2.24, 2.45) is 10.2 Å². The molecule has 0 spiro atoms. The fraction of sp³-hybridized carbons (Fsp3) is 0.304. The Morgan fingerprint density at radius 1 is 1.17 bits per heavy atom. The molecule has 1 fully saturated rings. The van der Waals surface area contributed by atoms with Gasteiger partial charge in [-0.05, 0) is 48.1 Å². The number of rotatable bonds is 7. The standard InChI is InChI=1S/C23H25N3O3S/c1-4-29-22(28)19-11-5-16(6-12-19)13-20-21(27)25-23(30-20)26-24-14-17-7-9-18(10-8-17)15(2)3/h5-12,14-15,20H,4,13H2,1-3H3,(H,25,26,27)/b24-14-/t20-/m1/s1. The third-order valence-corrected chi connectivity index (χ3v) is 5.69. The van der Waals surface area contributed by atoms with Crippen molar-refractivity contribution in [1.29, 1.82) is 0 Å².